The minimum Gasteiger partial charge on any atom is -0.436 e. The second-order valence-electron chi connectivity index (χ2n) is 4.42. The number of nitrogens with zero attached hydrogens (tertiary/aromatic N) is 2. The van der Waals surface area contributed by atoms with E-state index in [0.29, 0.717) is 5.69 Å². The van der Waals surface area contributed by atoms with Gasteiger partial charge in [0, 0.05) is 12.7 Å². The maximum Gasteiger partial charge on any atom is 0.329 e. The number of aryl methyl sites for hydroxylation is 1. The van der Waals surface area contributed by atoms with Crippen molar-refractivity contribution in [1.29, 1.82) is 0 Å². The quantitative estimate of drug-likeness (QED) is 0.782. The van der Waals surface area contributed by atoms with Crippen molar-refractivity contribution >= 4 is 32.0 Å². The molecule has 2 aromatic heterocycles. The first-order chi connectivity index (χ1) is 10.4. The Balaban J connectivity index is 1.89. The standard InChI is InChI=1S/C12H15BrN4O4S/c1-2-6-17-7-5-9(15-17)8-14-12(18)16-22(19,20)11-4-3-10(13)21-11/h3-5,7H,2,6,8H2,1H3,(H2,14,16,18). The molecule has 0 radical (unpaired) electrons. The van der Waals surface area contributed by atoms with Crippen LogP contribution in [0.4, 0.5) is 4.79 Å². The smallest absolute Gasteiger partial charge is 0.329 e. The van der Waals surface area contributed by atoms with Crippen LogP contribution in [0.2, 0.25) is 0 Å². The lowest BCUT2D eigenvalue weighted by Gasteiger charge is -2.05. The van der Waals surface area contributed by atoms with Crippen LogP contribution in [-0.2, 0) is 23.1 Å². The highest BCUT2D eigenvalue weighted by atomic mass is 79.9. The Hall–Kier alpha value is -1.81. The Morgan fingerprint density at radius 2 is 2.18 bits per heavy atom. The summed E-state index contributed by atoms with van der Waals surface area (Å²) in [6.45, 7) is 2.94. The summed E-state index contributed by atoms with van der Waals surface area (Å²) < 4.78 is 32.5. The Bertz CT molecular complexity index is 753. The van der Waals surface area contributed by atoms with Crippen LogP contribution in [0.1, 0.15) is 19.0 Å². The highest BCUT2D eigenvalue weighted by Gasteiger charge is 2.21. The zero-order valence-corrected chi connectivity index (χ0v) is 14.1. The molecule has 0 saturated carbocycles. The summed E-state index contributed by atoms with van der Waals surface area (Å²) in [6, 6.07) is 3.57. The number of amides is 2. The number of hydrogen-bond donors (Lipinski definition) is 2. The van der Waals surface area contributed by atoms with Gasteiger partial charge in [0.15, 0.2) is 4.67 Å². The summed E-state index contributed by atoms with van der Waals surface area (Å²) >= 11 is 3.00. The van der Waals surface area contributed by atoms with Crippen molar-refractivity contribution in [3.8, 4) is 0 Å². The van der Waals surface area contributed by atoms with Crippen LogP contribution in [0.3, 0.4) is 0 Å². The van der Waals surface area contributed by atoms with Crippen molar-refractivity contribution in [2.45, 2.75) is 31.5 Å². The van der Waals surface area contributed by atoms with Gasteiger partial charge in [-0.3, -0.25) is 4.68 Å². The van der Waals surface area contributed by atoms with Crippen molar-refractivity contribution < 1.29 is 17.6 Å². The summed E-state index contributed by atoms with van der Waals surface area (Å²) in [6.07, 6.45) is 2.75. The number of hydrogen-bond acceptors (Lipinski definition) is 5. The summed E-state index contributed by atoms with van der Waals surface area (Å²) in [5.41, 5.74) is 0.641. The van der Waals surface area contributed by atoms with Crippen molar-refractivity contribution in [1.82, 2.24) is 19.8 Å². The summed E-state index contributed by atoms with van der Waals surface area (Å²) in [5.74, 6) is 0. The van der Waals surface area contributed by atoms with Crippen molar-refractivity contribution in [2.24, 2.45) is 0 Å². The van der Waals surface area contributed by atoms with Gasteiger partial charge in [0.2, 0.25) is 5.09 Å². The van der Waals surface area contributed by atoms with E-state index in [1.165, 1.54) is 12.1 Å². The first-order valence-electron chi connectivity index (χ1n) is 6.49. The molecule has 22 heavy (non-hydrogen) atoms. The minimum absolute atomic E-state index is 0.125. The SMILES string of the molecule is CCCn1ccc(CNC(=O)NS(=O)(=O)c2ccc(Br)o2)n1. The molecule has 0 aliphatic rings. The van der Waals surface area contributed by atoms with E-state index < -0.39 is 16.1 Å². The van der Waals surface area contributed by atoms with Crippen molar-refractivity contribution in [3.63, 3.8) is 0 Å². The van der Waals surface area contributed by atoms with Gasteiger partial charge in [0.1, 0.15) is 0 Å². The Kier molecular flexibility index (Phi) is 5.24. The third kappa shape index (κ3) is 4.34. The molecule has 0 bridgehead atoms. The van der Waals surface area contributed by atoms with E-state index in [-0.39, 0.29) is 16.3 Å². The largest absolute Gasteiger partial charge is 0.436 e. The molecule has 2 aromatic rings. The first kappa shape index (κ1) is 16.6. The van der Waals surface area contributed by atoms with E-state index in [2.05, 4.69) is 26.3 Å². The molecule has 0 aliphatic heterocycles. The summed E-state index contributed by atoms with van der Waals surface area (Å²) in [4.78, 5) is 11.7. The zero-order valence-electron chi connectivity index (χ0n) is 11.7. The molecule has 0 aliphatic carbocycles. The van der Waals surface area contributed by atoms with Gasteiger partial charge in [-0.15, -0.1) is 0 Å². The van der Waals surface area contributed by atoms with Crippen LogP contribution in [0, 0.1) is 0 Å². The van der Waals surface area contributed by atoms with Gasteiger partial charge in [0.05, 0.1) is 12.2 Å². The molecule has 120 valence electrons. The Labute approximate surface area is 136 Å². The lowest BCUT2D eigenvalue weighted by Crippen LogP contribution is -2.39. The second kappa shape index (κ2) is 6.97. The van der Waals surface area contributed by atoms with Gasteiger partial charge in [-0.2, -0.15) is 13.5 Å². The molecular formula is C12H15BrN4O4S. The lowest BCUT2D eigenvalue weighted by atomic mass is 10.4. The van der Waals surface area contributed by atoms with Crippen LogP contribution < -0.4 is 10.0 Å². The van der Waals surface area contributed by atoms with Crippen LogP contribution in [0.5, 0.6) is 0 Å². The molecular weight excluding hydrogens is 376 g/mol. The average Bonchev–Trinajstić information content (AvgIpc) is 3.06. The highest BCUT2D eigenvalue weighted by molar-refractivity contribution is 9.10. The number of rotatable bonds is 6. The summed E-state index contributed by atoms with van der Waals surface area (Å²) in [5, 5.41) is 6.31. The van der Waals surface area contributed by atoms with Crippen molar-refractivity contribution in [2.75, 3.05) is 0 Å². The number of urea groups is 1. The third-order valence-electron chi connectivity index (χ3n) is 2.62. The van der Waals surface area contributed by atoms with Crippen LogP contribution >= 0.6 is 15.9 Å². The van der Waals surface area contributed by atoms with Gasteiger partial charge < -0.3 is 9.73 Å². The number of carbonyl (C=O) groups is 1. The molecule has 0 fully saturated rings. The number of halogens is 1. The number of carbonyl (C=O) groups excluding carboxylic acids is 1. The molecule has 0 saturated heterocycles. The monoisotopic (exact) mass is 390 g/mol. The second-order valence-corrected chi connectivity index (χ2v) is 6.81. The van der Waals surface area contributed by atoms with Gasteiger partial charge in [-0.1, -0.05) is 6.92 Å². The fraction of sp³-hybridized carbons (Fsp3) is 0.333. The fourth-order valence-electron chi connectivity index (χ4n) is 1.67. The van der Waals surface area contributed by atoms with Gasteiger partial charge >= 0.3 is 6.03 Å². The molecule has 2 rings (SSSR count). The van der Waals surface area contributed by atoms with Crippen LogP contribution in [-0.4, -0.2) is 24.2 Å². The van der Waals surface area contributed by atoms with Crippen molar-refractivity contribution in [3.05, 3.63) is 34.8 Å². The molecule has 10 heteroatoms. The van der Waals surface area contributed by atoms with E-state index in [1.54, 1.807) is 16.9 Å². The molecule has 0 aromatic carbocycles. The van der Waals surface area contributed by atoms with Crippen LogP contribution in [0.15, 0.2) is 38.6 Å². The molecule has 2 amide bonds. The zero-order chi connectivity index (χ0) is 16.2. The highest BCUT2D eigenvalue weighted by Crippen LogP contribution is 2.18. The molecule has 2 heterocycles. The maximum atomic E-state index is 11.9. The van der Waals surface area contributed by atoms with Gasteiger partial charge in [0.25, 0.3) is 10.0 Å². The van der Waals surface area contributed by atoms with E-state index in [9.17, 15) is 13.2 Å². The predicted molar refractivity (Wildman–Crippen MR) is 81.5 cm³/mol. The number of aromatic nitrogens is 2. The van der Waals surface area contributed by atoms with E-state index in [0.717, 1.165) is 13.0 Å². The van der Waals surface area contributed by atoms with E-state index in [1.807, 2.05) is 11.6 Å². The molecule has 8 nitrogen and oxygen atoms in total. The van der Waals surface area contributed by atoms with Gasteiger partial charge in [-0.05, 0) is 40.5 Å². The third-order valence-corrected chi connectivity index (χ3v) is 4.25. The number of furan rings is 1. The van der Waals surface area contributed by atoms with E-state index >= 15 is 0 Å². The minimum atomic E-state index is -4.03. The Morgan fingerprint density at radius 1 is 1.41 bits per heavy atom. The van der Waals surface area contributed by atoms with Gasteiger partial charge in [-0.25, -0.2) is 9.52 Å². The topological polar surface area (TPSA) is 106 Å². The lowest BCUT2D eigenvalue weighted by molar-refractivity contribution is 0.245. The number of sulfonamides is 1. The Morgan fingerprint density at radius 3 is 2.82 bits per heavy atom. The maximum absolute atomic E-state index is 11.9. The predicted octanol–water partition coefficient (Wildman–Crippen LogP) is 1.84. The first-order valence-corrected chi connectivity index (χ1v) is 8.76. The molecule has 2 N–H and O–H groups in total. The normalized spacial score (nSPS) is 11.4. The van der Waals surface area contributed by atoms with E-state index in [4.69, 9.17) is 4.42 Å². The molecule has 0 unspecified atom stereocenters. The molecule has 0 spiro atoms. The average molecular weight is 391 g/mol. The molecule has 0 atom stereocenters. The summed E-state index contributed by atoms with van der Waals surface area (Å²) in [7, 11) is -4.03. The fourth-order valence-corrected chi connectivity index (χ4v) is 2.95. The number of nitrogens with one attached hydrogen (secondary N) is 2. The van der Waals surface area contributed by atoms with Crippen LogP contribution in [0.25, 0.3) is 0 Å².